The lowest BCUT2D eigenvalue weighted by atomic mass is 10.1. The summed E-state index contributed by atoms with van der Waals surface area (Å²) >= 11 is 0. The molecular formula is C26H32N4O4. The van der Waals surface area contributed by atoms with Crippen LogP contribution in [0.25, 0.3) is 11.0 Å². The van der Waals surface area contributed by atoms with Crippen molar-refractivity contribution in [3.63, 3.8) is 0 Å². The molecule has 8 nitrogen and oxygen atoms in total. The van der Waals surface area contributed by atoms with Crippen molar-refractivity contribution in [2.24, 2.45) is 7.05 Å². The second-order valence-corrected chi connectivity index (χ2v) is 8.78. The molecule has 1 saturated heterocycles. The molecule has 34 heavy (non-hydrogen) atoms. The summed E-state index contributed by atoms with van der Waals surface area (Å²) in [5.74, 6) is 0.00973. The van der Waals surface area contributed by atoms with Gasteiger partial charge in [0.25, 0.3) is 11.8 Å². The van der Waals surface area contributed by atoms with Crippen LogP contribution in [0.2, 0.25) is 0 Å². The molecule has 0 bridgehead atoms. The molecule has 0 radical (unpaired) electrons. The molecule has 2 N–H and O–H groups in total. The van der Waals surface area contributed by atoms with Gasteiger partial charge in [-0.15, -0.1) is 0 Å². The largest absolute Gasteiger partial charge is 0.488 e. The second kappa shape index (κ2) is 10.3. The fourth-order valence-electron chi connectivity index (χ4n) is 4.22. The first-order chi connectivity index (χ1) is 16.4. The summed E-state index contributed by atoms with van der Waals surface area (Å²) in [7, 11) is 1.81. The lowest BCUT2D eigenvalue weighted by Gasteiger charge is -2.14. The van der Waals surface area contributed by atoms with Crippen LogP contribution in [0.4, 0.5) is 5.69 Å². The van der Waals surface area contributed by atoms with E-state index in [0.29, 0.717) is 46.7 Å². The van der Waals surface area contributed by atoms with Gasteiger partial charge in [0, 0.05) is 25.8 Å². The second-order valence-electron chi connectivity index (χ2n) is 8.78. The zero-order chi connectivity index (χ0) is 24.2. The number of benzene rings is 1. The third-order valence-electron chi connectivity index (χ3n) is 5.90. The summed E-state index contributed by atoms with van der Waals surface area (Å²) in [5, 5.41) is 6.66. The fourth-order valence-corrected chi connectivity index (χ4v) is 4.22. The van der Waals surface area contributed by atoms with Gasteiger partial charge in [-0.25, -0.2) is 4.98 Å². The predicted octanol–water partition coefficient (Wildman–Crippen LogP) is 4.08. The molecule has 180 valence electrons. The van der Waals surface area contributed by atoms with Crippen molar-refractivity contribution >= 4 is 28.5 Å². The normalized spacial score (nSPS) is 15.6. The Kier molecular flexibility index (Phi) is 7.17. The molecule has 3 heterocycles. The van der Waals surface area contributed by atoms with E-state index in [0.717, 1.165) is 25.1 Å². The number of nitrogens with zero attached hydrogens (tertiary/aromatic N) is 2. The summed E-state index contributed by atoms with van der Waals surface area (Å²) in [6.45, 7) is 7.00. The van der Waals surface area contributed by atoms with Crippen molar-refractivity contribution in [1.29, 1.82) is 0 Å². The average molecular weight is 465 g/mol. The van der Waals surface area contributed by atoms with E-state index in [1.807, 2.05) is 52.1 Å². The van der Waals surface area contributed by atoms with Crippen molar-refractivity contribution in [2.45, 2.75) is 52.2 Å². The van der Waals surface area contributed by atoms with Crippen LogP contribution in [-0.2, 0) is 18.2 Å². The van der Waals surface area contributed by atoms with Gasteiger partial charge < -0.3 is 24.7 Å². The SMILES string of the molecule is CCc1nc2c(cc1NC(=O)c1ccccc1)c(OC(C)C)c(C(=O)NCC1CCCO1)n2C. The van der Waals surface area contributed by atoms with Crippen LogP contribution in [0.1, 0.15) is 60.2 Å². The number of ether oxygens (including phenoxy) is 2. The summed E-state index contributed by atoms with van der Waals surface area (Å²) in [4.78, 5) is 30.9. The van der Waals surface area contributed by atoms with Crippen LogP contribution in [0.15, 0.2) is 36.4 Å². The van der Waals surface area contributed by atoms with E-state index < -0.39 is 0 Å². The number of amides is 2. The molecule has 0 saturated carbocycles. The smallest absolute Gasteiger partial charge is 0.271 e. The highest BCUT2D eigenvalue weighted by atomic mass is 16.5. The molecular weight excluding hydrogens is 432 g/mol. The molecule has 4 rings (SSSR count). The fraction of sp³-hybridized carbons (Fsp3) is 0.423. The molecule has 0 aliphatic carbocycles. The minimum atomic E-state index is -0.237. The molecule has 1 aliphatic rings. The number of aromatic nitrogens is 2. The highest BCUT2D eigenvalue weighted by Crippen LogP contribution is 2.35. The number of pyridine rings is 1. The van der Waals surface area contributed by atoms with E-state index in [9.17, 15) is 9.59 Å². The number of carbonyl (C=O) groups excluding carboxylic acids is 2. The van der Waals surface area contributed by atoms with Gasteiger partial charge in [-0.1, -0.05) is 25.1 Å². The van der Waals surface area contributed by atoms with Crippen molar-refractivity contribution in [3.05, 3.63) is 53.3 Å². The summed E-state index contributed by atoms with van der Waals surface area (Å²) in [6.07, 6.45) is 2.46. The highest BCUT2D eigenvalue weighted by Gasteiger charge is 2.27. The van der Waals surface area contributed by atoms with Crippen molar-refractivity contribution in [3.8, 4) is 5.75 Å². The van der Waals surface area contributed by atoms with E-state index in [1.165, 1.54) is 0 Å². The van der Waals surface area contributed by atoms with Gasteiger partial charge in [-0.2, -0.15) is 0 Å². The third-order valence-corrected chi connectivity index (χ3v) is 5.90. The van der Waals surface area contributed by atoms with E-state index in [4.69, 9.17) is 14.5 Å². The molecule has 1 aliphatic heterocycles. The van der Waals surface area contributed by atoms with Crippen LogP contribution in [-0.4, -0.2) is 46.7 Å². The Morgan fingerprint density at radius 1 is 1.24 bits per heavy atom. The van der Waals surface area contributed by atoms with Crippen LogP contribution in [0.3, 0.4) is 0 Å². The van der Waals surface area contributed by atoms with Gasteiger partial charge in [0.2, 0.25) is 0 Å². The quantitative estimate of drug-likeness (QED) is 0.524. The van der Waals surface area contributed by atoms with Gasteiger partial charge in [-0.3, -0.25) is 9.59 Å². The van der Waals surface area contributed by atoms with Gasteiger partial charge in [0.05, 0.1) is 29.0 Å². The number of fused-ring (bicyclic) bond motifs is 1. The predicted molar refractivity (Wildman–Crippen MR) is 132 cm³/mol. The number of nitrogens with one attached hydrogen (secondary N) is 2. The van der Waals surface area contributed by atoms with Gasteiger partial charge >= 0.3 is 0 Å². The number of hydrogen-bond donors (Lipinski definition) is 2. The van der Waals surface area contributed by atoms with Crippen molar-refractivity contribution in [1.82, 2.24) is 14.9 Å². The van der Waals surface area contributed by atoms with E-state index in [2.05, 4.69) is 10.6 Å². The number of carbonyl (C=O) groups is 2. The first-order valence-corrected chi connectivity index (χ1v) is 11.8. The maximum Gasteiger partial charge on any atom is 0.271 e. The molecule has 2 amide bonds. The van der Waals surface area contributed by atoms with Gasteiger partial charge in [-0.05, 0) is 51.3 Å². The van der Waals surface area contributed by atoms with Crippen LogP contribution in [0.5, 0.6) is 5.75 Å². The summed E-state index contributed by atoms with van der Waals surface area (Å²) in [5.41, 5.74) is 2.94. The zero-order valence-corrected chi connectivity index (χ0v) is 20.2. The highest BCUT2D eigenvalue weighted by molar-refractivity contribution is 6.07. The van der Waals surface area contributed by atoms with Gasteiger partial charge in [0.1, 0.15) is 5.65 Å². The first-order valence-electron chi connectivity index (χ1n) is 11.8. The molecule has 1 aromatic carbocycles. The Hall–Kier alpha value is -3.39. The van der Waals surface area contributed by atoms with Crippen LogP contribution >= 0.6 is 0 Å². The molecule has 1 fully saturated rings. The summed E-state index contributed by atoms with van der Waals surface area (Å²) < 4.78 is 13.5. The number of hydrogen-bond acceptors (Lipinski definition) is 5. The third kappa shape index (κ3) is 4.92. The zero-order valence-electron chi connectivity index (χ0n) is 20.2. The minimum Gasteiger partial charge on any atom is -0.488 e. The van der Waals surface area contributed by atoms with Crippen LogP contribution in [0, 0.1) is 0 Å². The average Bonchev–Trinajstić information content (AvgIpc) is 3.44. The Morgan fingerprint density at radius 3 is 2.65 bits per heavy atom. The monoisotopic (exact) mass is 464 g/mol. The molecule has 8 heteroatoms. The molecule has 1 atom stereocenters. The number of rotatable bonds is 8. The maximum atomic E-state index is 13.2. The van der Waals surface area contributed by atoms with E-state index in [-0.39, 0.29) is 24.0 Å². The lowest BCUT2D eigenvalue weighted by molar-refractivity contribution is 0.0846. The Labute approximate surface area is 199 Å². The summed E-state index contributed by atoms with van der Waals surface area (Å²) in [6, 6.07) is 10.9. The molecule has 3 aromatic rings. The number of anilines is 1. The minimum absolute atomic E-state index is 0.0396. The molecule has 2 aromatic heterocycles. The Balaban J connectivity index is 1.73. The topological polar surface area (TPSA) is 94.5 Å². The molecule has 0 spiro atoms. The first kappa shape index (κ1) is 23.8. The Bertz CT molecular complexity index is 1180. The van der Waals surface area contributed by atoms with E-state index >= 15 is 0 Å². The maximum absolute atomic E-state index is 13.2. The molecule has 1 unspecified atom stereocenters. The lowest BCUT2D eigenvalue weighted by Crippen LogP contribution is -2.33. The standard InChI is InChI=1S/C26H32N4O4/c1-5-20-21(29-25(31)17-10-7-6-8-11-17)14-19-23(34-16(2)3)22(30(4)24(19)28-20)26(32)27-15-18-12-9-13-33-18/h6-8,10-11,14,16,18H,5,9,12-13,15H2,1-4H3,(H,27,32)(H,29,31). The Morgan fingerprint density at radius 2 is 2.00 bits per heavy atom. The van der Waals surface area contributed by atoms with Crippen molar-refractivity contribution in [2.75, 3.05) is 18.5 Å². The van der Waals surface area contributed by atoms with E-state index in [1.54, 1.807) is 16.7 Å². The van der Waals surface area contributed by atoms with Crippen molar-refractivity contribution < 1.29 is 19.1 Å². The van der Waals surface area contributed by atoms with Crippen LogP contribution < -0.4 is 15.4 Å². The van der Waals surface area contributed by atoms with Gasteiger partial charge in [0.15, 0.2) is 11.4 Å². The number of aryl methyl sites for hydroxylation is 2.